The van der Waals surface area contributed by atoms with E-state index in [2.05, 4.69) is 4.98 Å². The first-order valence-electron chi connectivity index (χ1n) is 5.71. The fraction of sp³-hybridized carbons (Fsp3) is 0.0769. The Morgan fingerprint density at radius 3 is 2.60 bits per heavy atom. The van der Waals surface area contributed by atoms with E-state index in [0.29, 0.717) is 11.1 Å². The van der Waals surface area contributed by atoms with Gasteiger partial charge in [-0.05, 0) is 18.2 Å². The quantitative estimate of drug-likeness (QED) is 0.336. The van der Waals surface area contributed by atoms with Crippen molar-refractivity contribution in [1.29, 1.82) is 5.41 Å². The number of aliphatic hydroxyl groups is 1. The highest BCUT2D eigenvalue weighted by atomic mass is 16.6. The number of pyridine rings is 1. The van der Waals surface area contributed by atoms with Gasteiger partial charge in [-0.1, -0.05) is 0 Å². The number of nitrogens with two attached hydrogens (primary N) is 1. The lowest BCUT2D eigenvalue weighted by Crippen LogP contribution is -2.08. The zero-order valence-corrected chi connectivity index (χ0v) is 10.4. The van der Waals surface area contributed by atoms with E-state index in [4.69, 9.17) is 11.1 Å². The van der Waals surface area contributed by atoms with Crippen molar-refractivity contribution < 1.29 is 10.0 Å². The summed E-state index contributed by atoms with van der Waals surface area (Å²) in [5, 5.41) is 28.2. The second kappa shape index (κ2) is 5.45. The van der Waals surface area contributed by atoms with Crippen molar-refractivity contribution in [3.05, 3.63) is 63.5 Å². The molecular weight excluding hydrogens is 260 g/mol. The zero-order valence-electron chi connectivity index (χ0n) is 10.4. The van der Waals surface area contributed by atoms with Gasteiger partial charge in [0.25, 0.3) is 5.69 Å². The van der Waals surface area contributed by atoms with E-state index in [0.717, 1.165) is 6.07 Å². The van der Waals surface area contributed by atoms with Crippen LogP contribution in [0.5, 0.6) is 0 Å². The van der Waals surface area contributed by atoms with E-state index in [1.807, 2.05) is 0 Å². The Morgan fingerprint density at radius 2 is 2.05 bits per heavy atom. The summed E-state index contributed by atoms with van der Waals surface area (Å²) in [6.07, 6.45) is 3.08. The molecule has 4 N–H and O–H groups in total. The van der Waals surface area contributed by atoms with Crippen LogP contribution in [-0.4, -0.2) is 20.7 Å². The third-order valence-electron chi connectivity index (χ3n) is 2.86. The van der Waals surface area contributed by atoms with Gasteiger partial charge >= 0.3 is 0 Å². The molecule has 20 heavy (non-hydrogen) atoms. The van der Waals surface area contributed by atoms with Crippen LogP contribution in [0.15, 0.2) is 36.7 Å². The van der Waals surface area contributed by atoms with E-state index in [-0.39, 0.29) is 22.6 Å². The molecule has 2 rings (SSSR count). The highest BCUT2D eigenvalue weighted by molar-refractivity contribution is 6.14. The molecule has 0 atom stereocenters. The number of nitro groups is 1. The van der Waals surface area contributed by atoms with Crippen LogP contribution in [0, 0.1) is 15.5 Å². The summed E-state index contributed by atoms with van der Waals surface area (Å²) in [6.45, 7) is -0.493. The lowest BCUT2D eigenvalue weighted by Gasteiger charge is -2.10. The van der Waals surface area contributed by atoms with Gasteiger partial charge in [-0.2, -0.15) is 0 Å². The minimum atomic E-state index is -0.609. The Labute approximate surface area is 114 Å². The molecule has 102 valence electrons. The van der Waals surface area contributed by atoms with E-state index in [9.17, 15) is 15.2 Å². The molecule has 1 aromatic heterocycles. The molecule has 0 saturated carbocycles. The fourth-order valence-corrected chi connectivity index (χ4v) is 1.84. The van der Waals surface area contributed by atoms with Crippen molar-refractivity contribution in [3.63, 3.8) is 0 Å². The minimum absolute atomic E-state index is 0.120. The highest BCUT2D eigenvalue weighted by Crippen LogP contribution is 2.27. The largest absolute Gasteiger partial charge is 0.398 e. The Kier molecular flexibility index (Phi) is 3.72. The normalized spacial score (nSPS) is 10.2. The van der Waals surface area contributed by atoms with Gasteiger partial charge in [-0.3, -0.25) is 20.5 Å². The van der Waals surface area contributed by atoms with Crippen molar-refractivity contribution in [1.82, 2.24) is 4.98 Å². The van der Waals surface area contributed by atoms with Crippen LogP contribution in [0.4, 0.5) is 11.4 Å². The van der Waals surface area contributed by atoms with Crippen LogP contribution < -0.4 is 5.73 Å². The maximum Gasteiger partial charge on any atom is 0.277 e. The average Bonchev–Trinajstić information content (AvgIpc) is 2.47. The Morgan fingerprint density at radius 1 is 1.40 bits per heavy atom. The lowest BCUT2D eigenvalue weighted by molar-refractivity contribution is -0.385. The van der Waals surface area contributed by atoms with Crippen LogP contribution in [0.2, 0.25) is 0 Å². The molecule has 1 aromatic carbocycles. The number of nitro benzene ring substituents is 1. The molecule has 0 unspecified atom stereocenters. The number of nitrogen functional groups attached to an aromatic ring is 1. The van der Waals surface area contributed by atoms with Gasteiger partial charge in [0.2, 0.25) is 0 Å². The maximum atomic E-state index is 10.9. The molecule has 0 aliphatic rings. The molecule has 0 spiro atoms. The van der Waals surface area contributed by atoms with E-state index >= 15 is 0 Å². The first-order valence-corrected chi connectivity index (χ1v) is 5.71. The minimum Gasteiger partial charge on any atom is -0.398 e. The van der Waals surface area contributed by atoms with Gasteiger partial charge in [0, 0.05) is 35.3 Å². The molecule has 0 aliphatic carbocycles. The first kappa shape index (κ1) is 13.6. The lowest BCUT2D eigenvalue weighted by atomic mass is 9.98. The smallest absolute Gasteiger partial charge is 0.277 e. The SMILES string of the molecule is N=C(c1ccncc1)c1cc(CO)c([N+](=O)[O-])cc1N. The summed E-state index contributed by atoms with van der Waals surface area (Å²) in [4.78, 5) is 14.1. The topological polar surface area (TPSA) is 126 Å². The third-order valence-corrected chi connectivity index (χ3v) is 2.86. The van der Waals surface area contributed by atoms with Crippen LogP contribution in [-0.2, 0) is 6.61 Å². The summed E-state index contributed by atoms with van der Waals surface area (Å²) < 4.78 is 0. The Balaban J connectivity index is 2.53. The number of aliphatic hydroxyl groups excluding tert-OH is 1. The van der Waals surface area contributed by atoms with Gasteiger partial charge in [0.15, 0.2) is 0 Å². The monoisotopic (exact) mass is 272 g/mol. The van der Waals surface area contributed by atoms with Crippen molar-refractivity contribution in [2.24, 2.45) is 0 Å². The van der Waals surface area contributed by atoms with Gasteiger partial charge in [0.1, 0.15) is 0 Å². The molecule has 0 bridgehead atoms. The number of hydrogen-bond acceptors (Lipinski definition) is 6. The second-order valence-corrected chi connectivity index (χ2v) is 4.09. The summed E-state index contributed by atoms with van der Waals surface area (Å²) >= 11 is 0. The third kappa shape index (κ3) is 2.47. The van der Waals surface area contributed by atoms with Crippen LogP contribution in [0.25, 0.3) is 0 Å². The molecule has 0 radical (unpaired) electrons. The van der Waals surface area contributed by atoms with Crippen LogP contribution in [0.3, 0.4) is 0 Å². The van der Waals surface area contributed by atoms with E-state index in [1.54, 1.807) is 24.5 Å². The second-order valence-electron chi connectivity index (χ2n) is 4.09. The summed E-state index contributed by atoms with van der Waals surface area (Å²) in [6, 6.07) is 5.82. The highest BCUT2D eigenvalue weighted by Gasteiger charge is 2.18. The first-order chi connectivity index (χ1) is 9.54. The van der Waals surface area contributed by atoms with Crippen molar-refractivity contribution >= 4 is 17.1 Å². The predicted octanol–water partition coefficient (Wildman–Crippen LogP) is 1.48. The number of hydrogen-bond donors (Lipinski definition) is 3. The summed E-state index contributed by atoms with van der Waals surface area (Å²) in [5.41, 5.74) is 6.82. The van der Waals surface area contributed by atoms with Crippen molar-refractivity contribution in [3.8, 4) is 0 Å². The zero-order chi connectivity index (χ0) is 14.7. The summed E-state index contributed by atoms with van der Waals surface area (Å²) in [5.74, 6) is 0. The van der Waals surface area contributed by atoms with Crippen molar-refractivity contribution in [2.75, 3.05) is 5.73 Å². The number of nitrogens with zero attached hydrogens (tertiary/aromatic N) is 2. The number of nitrogens with one attached hydrogen (secondary N) is 1. The molecule has 7 nitrogen and oxygen atoms in total. The fourth-order valence-electron chi connectivity index (χ4n) is 1.84. The van der Waals surface area contributed by atoms with Gasteiger partial charge < -0.3 is 10.8 Å². The van der Waals surface area contributed by atoms with Gasteiger partial charge in [0.05, 0.1) is 22.8 Å². The average molecular weight is 272 g/mol. The standard InChI is InChI=1S/C13H12N4O3/c14-11-6-12(17(19)20)9(7-18)5-10(11)13(15)8-1-3-16-4-2-8/h1-6,15,18H,7,14H2. The van der Waals surface area contributed by atoms with Crippen molar-refractivity contribution in [2.45, 2.75) is 6.61 Å². The summed E-state index contributed by atoms with van der Waals surface area (Å²) in [7, 11) is 0. The predicted molar refractivity (Wildman–Crippen MR) is 73.6 cm³/mol. The van der Waals surface area contributed by atoms with E-state index in [1.165, 1.54) is 6.07 Å². The molecule has 0 aliphatic heterocycles. The number of anilines is 1. The molecule has 0 amide bonds. The molecular formula is C13H12N4O3. The van der Waals surface area contributed by atoms with Crippen LogP contribution in [0.1, 0.15) is 16.7 Å². The molecule has 0 fully saturated rings. The number of benzene rings is 1. The van der Waals surface area contributed by atoms with Crippen LogP contribution >= 0.6 is 0 Å². The number of aromatic nitrogens is 1. The molecule has 1 heterocycles. The number of rotatable bonds is 4. The molecule has 2 aromatic rings. The van der Waals surface area contributed by atoms with E-state index < -0.39 is 11.5 Å². The maximum absolute atomic E-state index is 10.9. The Bertz CT molecular complexity index is 671. The van der Waals surface area contributed by atoms with Gasteiger partial charge in [-0.15, -0.1) is 0 Å². The van der Waals surface area contributed by atoms with Gasteiger partial charge in [-0.25, -0.2) is 0 Å². The molecule has 7 heteroatoms. The Hall–Kier alpha value is -2.80. The molecule has 0 saturated heterocycles.